The van der Waals surface area contributed by atoms with E-state index in [2.05, 4.69) is 6.92 Å². The number of hydrogen-bond donors (Lipinski definition) is 0. The van der Waals surface area contributed by atoms with Gasteiger partial charge in [0.25, 0.3) is 0 Å². The predicted molar refractivity (Wildman–Crippen MR) is 109 cm³/mol. The Labute approximate surface area is 162 Å². The van der Waals surface area contributed by atoms with Crippen molar-refractivity contribution in [1.29, 1.82) is 0 Å². The molecule has 0 aliphatic carbocycles. The molecule has 0 amide bonds. The molecule has 0 spiro atoms. The minimum Gasteiger partial charge on any atom is -0.463 e. The van der Waals surface area contributed by atoms with Gasteiger partial charge in [0.15, 0.2) is 0 Å². The highest BCUT2D eigenvalue weighted by molar-refractivity contribution is 5.69. The van der Waals surface area contributed by atoms with Crippen LogP contribution in [0, 0.1) is 0 Å². The molecule has 0 aromatic carbocycles. The van der Waals surface area contributed by atoms with Crippen LogP contribution in [0.1, 0.15) is 103 Å². The topological polar surface area (TPSA) is 44.8 Å². The average molecular weight is 373 g/mol. The van der Waals surface area contributed by atoms with E-state index in [1.54, 1.807) is 14.2 Å². The van der Waals surface area contributed by atoms with E-state index in [-0.39, 0.29) is 18.7 Å². The van der Waals surface area contributed by atoms with E-state index >= 15 is 0 Å². The fourth-order valence-corrected chi connectivity index (χ4v) is 3.09. The molecule has 0 aliphatic rings. The lowest BCUT2D eigenvalue weighted by atomic mass is 10.0. The molecule has 0 aromatic rings. The molecule has 26 heavy (non-hydrogen) atoms. The quantitative estimate of drug-likeness (QED) is 0.192. The second-order valence-corrected chi connectivity index (χ2v) is 7.34. The standard InChI is InChI=1S/C22H44O4/c1-4-5-6-7-8-9-10-11-12-13-14-15-16-17-18-22(23)26-20-21(25-3)19-24-2/h21H,4-20H2,1-3H3. The average Bonchev–Trinajstić information content (AvgIpc) is 2.65. The molecule has 0 bridgehead atoms. The van der Waals surface area contributed by atoms with Gasteiger partial charge in [-0.25, -0.2) is 0 Å². The van der Waals surface area contributed by atoms with Crippen LogP contribution in [0.3, 0.4) is 0 Å². The number of unbranched alkanes of at least 4 members (excludes halogenated alkanes) is 13. The first kappa shape index (κ1) is 25.4. The van der Waals surface area contributed by atoms with Gasteiger partial charge in [-0.2, -0.15) is 0 Å². The van der Waals surface area contributed by atoms with E-state index in [1.165, 1.54) is 77.0 Å². The molecule has 0 heterocycles. The summed E-state index contributed by atoms with van der Waals surface area (Å²) in [6.07, 6.45) is 18.9. The SMILES string of the molecule is CCCCCCCCCCCCCCCCC(=O)OCC(COC)OC. The number of rotatable bonds is 20. The summed E-state index contributed by atoms with van der Waals surface area (Å²) in [5.74, 6) is -0.123. The fraction of sp³-hybridized carbons (Fsp3) is 0.955. The lowest BCUT2D eigenvalue weighted by Gasteiger charge is -2.14. The molecule has 4 nitrogen and oxygen atoms in total. The van der Waals surface area contributed by atoms with E-state index in [0.29, 0.717) is 13.0 Å². The summed E-state index contributed by atoms with van der Waals surface area (Å²) < 4.78 is 15.4. The molecule has 0 radical (unpaired) electrons. The van der Waals surface area contributed by atoms with E-state index in [0.717, 1.165) is 12.8 Å². The smallest absolute Gasteiger partial charge is 0.305 e. The van der Waals surface area contributed by atoms with E-state index in [9.17, 15) is 4.79 Å². The van der Waals surface area contributed by atoms with Crippen LogP contribution < -0.4 is 0 Å². The molecule has 0 saturated carbocycles. The summed E-state index contributed by atoms with van der Waals surface area (Å²) in [6.45, 7) is 3.00. The maximum atomic E-state index is 11.7. The Bertz CT molecular complexity index is 294. The van der Waals surface area contributed by atoms with Crippen LogP contribution in [0.25, 0.3) is 0 Å². The monoisotopic (exact) mass is 372 g/mol. The maximum Gasteiger partial charge on any atom is 0.305 e. The van der Waals surface area contributed by atoms with Gasteiger partial charge in [0, 0.05) is 20.6 Å². The van der Waals surface area contributed by atoms with Crippen molar-refractivity contribution in [2.75, 3.05) is 27.4 Å². The van der Waals surface area contributed by atoms with Crippen LogP contribution in [0.4, 0.5) is 0 Å². The molecule has 0 aliphatic heterocycles. The van der Waals surface area contributed by atoms with Gasteiger partial charge in [-0.1, -0.05) is 90.4 Å². The van der Waals surface area contributed by atoms with E-state index in [1.807, 2.05) is 0 Å². The van der Waals surface area contributed by atoms with Crippen molar-refractivity contribution in [1.82, 2.24) is 0 Å². The molecular formula is C22H44O4. The number of ether oxygens (including phenoxy) is 3. The van der Waals surface area contributed by atoms with Crippen LogP contribution in [-0.4, -0.2) is 39.5 Å². The van der Waals surface area contributed by atoms with Gasteiger partial charge < -0.3 is 14.2 Å². The summed E-state index contributed by atoms with van der Waals surface area (Å²) in [5, 5.41) is 0. The lowest BCUT2D eigenvalue weighted by Crippen LogP contribution is -2.25. The minimum atomic E-state index is -0.166. The molecule has 1 atom stereocenters. The van der Waals surface area contributed by atoms with Crippen molar-refractivity contribution in [2.45, 2.75) is 109 Å². The molecule has 0 saturated heterocycles. The van der Waals surface area contributed by atoms with Gasteiger partial charge in [-0.3, -0.25) is 4.79 Å². The van der Waals surface area contributed by atoms with Gasteiger partial charge in [0.05, 0.1) is 6.61 Å². The molecule has 0 N–H and O–H groups in total. The number of methoxy groups -OCH3 is 2. The summed E-state index contributed by atoms with van der Waals surface area (Å²) in [6, 6.07) is 0. The Kier molecular flexibility index (Phi) is 20.2. The highest BCUT2D eigenvalue weighted by atomic mass is 16.6. The third kappa shape index (κ3) is 18.2. The Morgan fingerprint density at radius 1 is 0.692 bits per heavy atom. The zero-order chi connectivity index (χ0) is 19.3. The Morgan fingerprint density at radius 3 is 1.58 bits per heavy atom. The first-order valence-electron chi connectivity index (χ1n) is 10.9. The lowest BCUT2D eigenvalue weighted by molar-refractivity contribution is -0.148. The second kappa shape index (κ2) is 20.7. The van der Waals surface area contributed by atoms with E-state index < -0.39 is 0 Å². The third-order valence-corrected chi connectivity index (χ3v) is 4.85. The Balaban J connectivity index is 3.24. The summed E-state index contributed by atoms with van der Waals surface area (Å²) in [7, 11) is 3.22. The largest absolute Gasteiger partial charge is 0.463 e. The first-order valence-corrected chi connectivity index (χ1v) is 10.9. The molecule has 0 aromatic heterocycles. The van der Waals surface area contributed by atoms with Crippen LogP contribution >= 0.6 is 0 Å². The first-order chi connectivity index (χ1) is 12.7. The number of carbonyl (C=O) groups is 1. The van der Waals surface area contributed by atoms with Crippen LogP contribution in [0.5, 0.6) is 0 Å². The maximum absolute atomic E-state index is 11.7. The Hall–Kier alpha value is -0.610. The van der Waals surface area contributed by atoms with E-state index in [4.69, 9.17) is 14.2 Å². The number of carbonyl (C=O) groups excluding carboxylic acids is 1. The van der Waals surface area contributed by atoms with Gasteiger partial charge in [0.2, 0.25) is 0 Å². The van der Waals surface area contributed by atoms with Crippen molar-refractivity contribution in [2.24, 2.45) is 0 Å². The molecule has 0 fully saturated rings. The fourth-order valence-electron chi connectivity index (χ4n) is 3.09. The third-order valence-electron chi connectivity index (χ3n) is 4.85. The number of hydrogen-bond acceptors (Lipinski definition) is 4. The van der Waals surface area contributed by atoms with Gasteiger partial charge in [-0.05, 0) is 6.42 Å². The zero-order valence-corrected chi connectivity index (χ0v) is 17.7. The molecule has 0 rings (SSSR count). The van der Waals surface area contributed by atoms with Gasteiger partial charge in [-0.15, -0.1) is 0 Å². The van der Waals surface area contributed by atoms with Crippen LogP contribution in [-0.2, 0) is 19.0 Å². The minimum absolute atomic E-state index is 0.123. The van der Waals surface area contributed by atoms with Crippen molar-refractivity contribution in [3.63, 3.8) is 0 Å². The molecule has 156 valence electrons. The molecular weight excluding hydrogens is 328 g/mol. The summed E-state index contributed by atoms with van der Waals surface area (Å²) in [4.78, 5) is 11.7. The molecule has 4 heteroatoms. The van der Waals surface area contributed by atoms with Crippen molar-refractivity contribution < 1.29 is 19.0 Å². The summed E-state index contributed by atoms with van der Waals surface area (Å²) >= 11 is 0. The van der Waals surface area contributed by atoms with Gasteiger partial charge >= 0.3 is 5.97 Å². The highest BCUT2D eigenvalue weighted by Gasteiger charge is 2.10. The van der Waals surface area contributed by atoms with Crippen molar-refractivity contribution in [3.05, 3.63) is 0 Å². The van der Waals surface area contributed by atoms with Gasteiger partial charge in [0.1, 0.15) is 12.7 Å². The number of esters is 1. The molecule has 1 unspecified atom stereocenters. The van der Waals surface area contributed by atoms with Crippen LogP contribution in [0.2, 0.25) is 0 Å². The summed E-state index contributed by atoms with van der Waals surface area (Å²) in [5.41, 5.74) is 0. The van der Waals surface area contributed by atoms with Crippen molar-refractivity contribution in [3.8, 4) is 0 Å². The highest BCUT2D eigenvalue weighted by Crippen LogP contribution is 2.13. The second-order valence-electron chi connectivity index (χ2n) is 7.34. The Morgan fingerprint density at radius 2 is 1.15 bits per heavy atom. The normalized spacial score (nSPS) is 12.3. The predicted octanol–water partition coefficient (Wildman–Crippen LogP) is 6.06. The van der Waals surface area contributed by atoms with Crippen LogP contribution in [0.15, 0.2) is 0 Å². The zero-order valence-electron chi connectivity index (χ0n) is 17.7. The van der Waals surface area contributed by atoms with Crippen molar-refractivity contribution >= 4 is 5.97 Å².